The number of alkyl halides is 2. The maximum Gasteiger partial charge on any atom is 0.411 e. The molecule has 23 heavy (non-hydrogen) atoms. The average molecular weight is 394 g/mol. The summed E-state index contributed by atoms with van der Waals surface area (Å²) in [6.07, 6.45) is 0.360. The molecule has 0 aromatic rings. The summed E-state index contributed by atoms with van der Waals surface area (Å²) in [6.45, 7) is 5.10. The second-order valence-corrected chi connectivity index (χ2v) is 8.29. The molecule has 7 heteroatoms. The summed E-state index contributed by atoms with van der Waals surface area (Å²) >= 11 is 3.48. The van der Waals surface area contributed by atoms with Gasteiger partial charge in [0, 0.05) is 11.8 Å². The number of methoxy groups -OCH3 is 1. The standard InChI is InChI=1S/C16H25BrFNO4/c1-14(2,3)23-13(21)19-8-11(18)7-16(19,12(20)22-4)9-15(10-17)5-6-15/h11H,5-10H2,1-4H3/t11-,16+/m1/s1. The Kier molecular flexibility index (Phi) is 5.00. The molecule has 0 spiro atoms. The predicted octanol–water partition coefficient (Wildman–Crippen LogP) is 3.44. The van der Waals surface area contributed by atoms with Gasteiger partial charge in [0.15, 0.2) is 0 Å². The molecule has 2 aliphatic rings. The van der Waals surface area contributed by atoms with Gasteiger partial charge >= 0.3 is 12.1 Å². The lowest BCUT2D eigenvalue weighted by Gasteiger charge is -2.38. The van der Waals surface area contributed by atoms with Crippen LogP contribution in [0.3, 0.4) is 0 Å². The van der Waals surface area contributed by atoms with Crippen LogP contribution >= 0.6 is 15.9 Å². The Labute approximate surface area is 145 Å². The average Bonchev–Trinajstić information content (AvgIpc) is 3.13. The van der Waals surface area contributed by atoms with Gasteiger partial charge in [0.05, 0.1) is 13.7 Å². The number of nitrogens with zero attached hydrogens (tertiary/aromatic N) is 1. The van der Waals surface area contributed by atoms with Gasteiger partial charge in [0.2, 0.25) is 0 Å². The van der Waals surface area contributed by atoms with Crippen LogP contribution in [-0.2, 0) is 14.3 Å². The third-order valence-electron chi connectivity index (χ3n) is 4.54. The van der Waals surface area contributed by atoms with Gasteiger partial charge in [-0.05, 0) is 45.4 Å². The molecule has 5 nitrogen and oxygen atoms in total. The Hall–Kier alpha value is -0.850. The number of ether oxygens (including phenoxy) is 2. The predicted molar refractivity (Wildman–Crippen MR) is 87.3 cm³/mol. The fourth-order valence-electron chi connectivity index (χ4n) is 3.26. The molecule has 0 aromatic heterocycles. The molecular formula is C16H25BrFNO4. The van der Waals surface area contributed by atoms with E-state index >= 15 is 0 Å². The maximum absolute atomic E-state index is 14.2. The van der Waals surface area contributed by atoms with E-state index in [4.69, 9.17) is 9.47 Å². The van der Waals surface area contributed by atoms with Crippen molar-refractivity contribution in [2.75, 3.05) is 19.0 Å². The van der Waals surface area contributed by atoms with Crippen molar-refractivity contribution in [1.82, 2.24) is 4.90 Å². The van der Waals surface area contributed by atoms with E-state index in [1.807, 2.05) is 0 Å². The number of rotatable bonds is 4. The molecule has 2 atom stereocenters. The third-order valence-corrected chi connectivity index (χ3v) is 5.73. The first-order valence-electron chi connectivity index (χ1n) is 7.87. The number of likely N-dealkylation sites (tertiary alicyclic amines) is 1. The van der Waals surface area contributed by atoms with E-state index in [1.165, 1.54) is 12.0 Å². The maximum atomic E-state index is 14.2. The van der Waals surface area contributed by atoms with E-state index < -0.39 is 29.4 Å². The Bertz CT molecular complexity index is 489. The highest BCUT2D eigenvalue weighted by atomic mass is 79.9. The Morgan fingerprint density at radius 1 is 1.35 bits per heavy atom. The molecule has 0 N–H and O–H groups in total. The zero-order valence-corrected chi connectivity index (χ0v) is 15.7. The van der Waals surface area contributed by atoms with E-state index in [1.54, 1.807) is 20.8 Å². The van der Waals surface area contributed by atoms with E-state index in [2.05, 4.69) is 15.9 Å². The lowest BCUT2D eigenvalue weighted by molar-refractivity contribution is -0.154. The molecule has 1 saturated heterocycles. The first-order valence-corrected chi connectivity index (χ1v) is 8.99. The number of hydrogen-bond acceptors (Lipinski definition) is 4. The highest BCUT2D eigenvalue weighted by molar-refractivity contribution is 9.09. The van der Waals surface area contributed by atoms with Crippen molar-refractivity contribution < 1.29 is 23.5 Å². The number of esters is 1. The van der Waals surface area contributed by atoms with Gasteiger partial charge in [0.1, 0.15) is 17.3 Å². The van der Waals surface area contributed by atoms with Crippen LogP contribution in [-0.4, -0.2) is 53.3 Å². The molecule has 1 aliphatic heterocycles. The van der Waals surface area contributed by atoms with Gasteiger partial charge in [-0.3, -0.25) is 4.90 Å². The fraction of sp³-hybridized carbons (Fsp3) is 0.875. The zero-order valence-electron chi connectivity index (χ0n) is 14.2. The van der Waals surface area contributed by atoms with Crippen LogP contribution in [0.5, 0.6) is 0 Å². The highest BCUT2D eigenvalue weighted by Crippen LogP contribution is 2.55. The van der Waals surface area contributed by atoms with Gasteiger partial charge < -0.3 is 9.47 Å². The SMILES string of the molecule is COC(=O)[C@@]1(CC2(CBr)CC2)C[C@@H](F)CN1C(=O)OC(C)(C)C. The summed E-state index contributed by atoms with van der Waals surface area (Å²) < 4.78 is 24.5. The Balaban J connectivity index is 2.32. The lowest BCUT2D eigenvalue weighted by Crippen LogP contribution is -2.56. The summed E-state index contributed by atoms with van der Waals surface area (Å²) in [5.41, 5.74) is -2.06. The van der Waals surface area contributed by atoms with Gasteiger partial charge in [0.25, 0.3) is 0 Å². The highest BCUT2D eigenvalue weighted by Gasteiger charge is 2.61. The molecule has 132 valence electrons. The summed E-state index contributed by atoms with van der Waals surface area (Å²) in [4.78, 5) is 26.3. The Morgan fingerprint density at radius 3 is 2.39 bits per heavy atom. The normalized spacial score (nSPS) is 29.3. The number of amides is 1. The summed E-state index contributed by atoms with van der Waals surface area (Å²) in [6, 6.07) is 0. The van der Waals surface area contributed by atoms with Crippen LogP contribution in [0, 0.1) is 5.41 Å². The first kappa shape index (κ1) is 18.5. The molecule has 1 amide bonds. The van der Waals surface area contributed by atoms with Crippen LogP contribution in [0.15, 0.2) is 0 Å². The van der Waals surface area contributed by atoms with Gasteiger partial charge in [-0.2, -0.15) is 0 Å². The van der Waals surface area contributed by atoms with E-state index in [9.17, 15) is 14.0 Å². The van der Waals surface area contributed by atoms with Gasteiger partial charge in [-0.15, -0.1) is 0 Å². The van der Waals surface area contributed by atoms with Crippen molar-refractivity contribution >= 4 is 28.0 Å². The molecular weight excluding hydrogens is 369 g/mol. The minimum atomic E-state index is -1.28. The number of carbonyl (C=O) groups is 2. The van der Waals surface area contributed by atoms with E-state index in [0.29, 0.717) is 6.42 Å². The van der Waals surface area contributed by atoms with Crippen molar-refractivity contribution in [3.05, 3.63) is 0 Å². The second kappa shape index (κ2) is 6.22. The third kappa shape index (κ3) is 3.80. The molecule has 0 radical (unpaired) electrons. The minimum Gasteiger partial charge on any atom is -0.467 e. The summed E-state index contributed by atoms with van der Waals surface area (Å²) in [5, 5.41) is 0.720. The fourth-order valence-corrected chi connectivity index (χ4v) is 4.02. The molecule has 2 rings (SSSR count). The molecule has 1 heterocycles. The van der Waals surface area contributed by atoms with Crippen molar-refractivity contribution in [3.63, 3.8) is 0 Å². The topological polar surface area (TPSA) is 55.8 Å². The van der Waals surface area contributed by atoms with Crippen molar-refractivity contribution in [3.8, 4) is 0 Å². The largest absolute Gasteiger partial charge is 0.467 e. The van der Waals surface area contributed by atoms with Crippen molar-refractivity contribution in [1.29, 1.82) is 0 Å². The van der Waals surface area contributed by atoms with E-state index in [-0.39, 0.29) is 18.4 Å². The van der Waals surface area contributed by atoms with Crippen LogP contribution in [0.1, 0.15) is 46.5 Å². The number of hydrogen-bond donors (Lipinski definition) is 0. The van der Waals surface area contributed by atoms with Crippen LogP contribution in [0.2, 0.25) is 0 Å². The smallest absolute Gasteiger partial charge is 0.411 e. The van der Waals surface area contributed by atoms with Crippen LogP contribution in [0.25, 0.3) is 0 Å². The molecule has 1 saturated carbocycles. The van der Waals surface area contributed by atoms with Crippen molar-refractivity contribution in [2.24, 2.45) is 5.41 Å². The van der Waals surface area contributed by atoms with Crippen molar-refractivity contribution in [2.45, 2.75) is 63.8 Å². The minimum absolute atomic E-state index is 0.0341. The molecule has 0 unspecified atom stereocenters. The Morgan fingerprint density at radius 2 is 1.96 bits per heavy atom. The quantitative estimate of drug-likeness (QED) is 0.542. The van der Waals surface area contributed by atoms with E-state index in [0.717, 1.165) is 18.2 Å². The molecule has 0 aromatic carbocycles. The molecule has 1 aliphatic carbocycles. The summed E-state index contributed by atoms with van der Waals surface area (Å²) in [5.74, 6) is -0.560. The first-order chi connectivity index (χ1) is 10.6. The van der Waals surface area contributed by atoms with Gasteiger partial charge in [-0.25, -0.2) is 14.0 Å². The van der Waals surface area contributed by atoms with Crippen LogP contribution in [0.4, 0.5) is 9.18 Å². The monoisotopic (exact) mass is 393 g/mol. The molecule has 2 fully saturated rings. The summed E-state index contributed by atoms with van der Waals surface area (Å²) in [7, 11) is 1.27. The zero-order chi connectivity index (χ0) is 17.5. The van der Waals surface area contributed by atoms with Gasteiger partial charge in [-0.1, -0.05) is 15.9 Å². The lowest BCUT2D eigenvalue weighted by atomic mass is 9.83. The number of halogens is 2. The number of carbonyl (C=O) groups excluding carboxylic acids is 2. The van der Waals surface area contributed by atoms with Crippen LogP contribution < -0.4 is 0 Å². The molecule has 0 bridgehead atoms. The second-order valence-electron chi connectivity index (χ2n) is 7.73.